The Labute approximate surface area is 88.6 Å². The third-order valence-electron chi connectivity index (χ3n) is 2.26. The molecule has 0 aliphatic heterocycles. The molecule has 3 heteroatoms. The molecule has 0 saturated heterocycles. The molecule has 0 amide bonds. The lowest BCUT2D eigenvalue weighted by molar-refractivity contribution is -0.137. The van der Waals surface area contributed by atoms with E-state index in [1.807, 2.05) is 0 Å². The van der Waals surface area contributed by atoms with Crippen LogP contribution in [0.5, 0.6) is 0 Å². The lowest BCUT2D eigenvalue weighted by atomic mass is 10.1. The topological polar surface area (TPSA) is 37.3 Å². The maximum absolute atomic E-state index is 10.2. The number of thiophene rings is 1. The summed E-state index contributed by atoms with van der Waals surface area (Å²) < 4.78 is 0. The molecule has 2 nitrogen and oxygen atoms in total. The fraction of sp³-hybridized carbons (Fsp3) is 0.545. The van der Waals surface area contributed by atoms with E-state index in [2.05, 4.69) is 18.4 Å². The molecule has 0 unspecified atom stereocenters. The van der Waals surface area contributed by atoms with Crippen molar-refractivity contribution >= 4 is 17.3 Å². The predicted molar refractivity (Wildman–Crippen MR) is 58.9 cm³/mol. The molecule has 0 aliphatic carbocycles. The number of carbonyl (C=O) groups is 1. The lowest BCUT2D eigenvalue weighted by Gasteiger charge is -1.99. The lowest BCUT2D eigenvalue weighted by Crippen LogP contribution is -1.94. The molecule has 14 heavy (non-hydrogen) atoms. The van der Waals surface area contributed by atoms with Gasteiger partial charge in [-0.2, -0.15) is 0 Å². The van der Waals surface area contributed by atoms with Crippen LogP contribution in [-0.4, -0.2) is 11.1 Å². The summed E-state index contributed by atoms with van der Waals surface area (Å²) in [5, 5.41) is 10.6. The summed E-state index contributed by atoms with van der Waals surface area (Å²) in [5.74, 6) is -0.683. The summed E-state index contributed by atoms with van der Waals surface area (Å²) >= 11 is 1.80. The van der Waals surface area contributed by atoms with Gasteiger partial charge in [-0.15, -0.1) is 11.3 Å². The molecule has 1 aromatic heterocycles. The van der Waals surface area contributed by atoms with E-state index in [1.165, 1.54) is 10.4 Å². The van der Waals surface area contributed by atoms with E-state index in [9.17, 15) is 4.79 Å². The highest BCUT2D eigenvalue weighted by Gasteiger charge is 2.00. The van der Waals surface area contributed by atoms with Crippen LogP contribution in [0.25, 0.3) is 0 Å². The Kier molecular flexibility index (Phi) is 4.66. The molecule has 0 atom stereocenters. The summed E-state index contributed by atoms with van der Waals surface area (Å²) in [6.07, 6.45) is 4.34. The van der Waals surface area contributed by atoms with Gasteiger partial charge in [-0.25, -0.2) is 0 Å². The molecule has 0 aliphatic rings. The number of aryl methyl sites for hydroxylation is 2. The molecule has 1 N–H and O–H groups in total. The third-order valence-corrected chi connectivity index (χ3v) is 3.35. The van der Waals surface area contributed by atoms with Gasteiger partial charge in [-0.05, 0) is 43.2 Å². The van der Waals surface area contributed by atoms with Crippen LogP contribution in [-0.2, 0) is 11.2 Å². The SMILES string of the molecule is Cc1ccsc1CCCCCC(=O)O. The maximum atomic E-state index is 10.2. The van der Waals surface area contributed by atoms with Crippen molar-refractivity contribution in [2.45, 2.75) is 39.0 Å². The number of aliphatic carboxylic acids is 1. The van der Waals surface area contributed by atoms with Crippen LogP contribution in [0.15, 0.2) is 11.4 Å². The summed E-state index contributed by atoms with van der Waals surface area (Å²) in [5.41, 5.74) is 1.37. The van der Waals surface area contributed by atoms with Gasteiger partial charge >= 0.3 is 5.97 Å². The molecule has 0 bridgehead atoms. The van der Waals surface area contributed by atoms with E-state index in [0.29, 0.717) is 6.42 Å². The van der Waals surface area contributed by atoms with E-state index in [4.69, 9.17) is 5.11 Å². The Balaban J connectivity index is 2.10. The number of carboxylic acids is 1. The predicted octanol–water partition coefficient (Wildman–Crippen LogP) is 3.24. The standard InChI is InChI=1S/C11H16O2S/c1-9-7-8-14-10(9)5-3-2-4-6-11(12)13/h7-8H,2-6H2,1H3,(H,12,13). The van der Waals surface area contributed by atoms with Gasteiger partial charge in [0.2, 0.25) is 0 Å². The second-order valence-electron chi connectivity index (χ2n) is 3.48. The highest BCUT2D eigenvalue weighted by atomic mass is 32.1. The van der Waals surface area contributed by atoms with E-state index in [0.717, 1.165) is 25.7 Å². The Bertz CT molecular complexity index is 291. The van der Waals surface area contributed by atoms with Crippen LogP contribution in [0.4, 0.5) is 0 Å². The molecule has 1 heterocycles. The molecular weight excluding hydrogens is 196 g/mol. The normalized spacial score (nSPS) is 10.4. The first kappa shape index (κ1) is 11.2. The smallest absolute Gasteiger partial charge is 0.303 e. The van der Waals surface area contributed by atoms with Crippen molar-refractivity contribution < 1.29 is 9.90 Å². The number of hydrogen-bond acceptors (Lipinski definition) is 2. The van der Waals surface area contributed by atoms with Crippen LogP contribution in [0.3, 0.4) is 0 Å². The van der Waals surface area contributed by atoms with Crippen LogP contribution >= 0.6 is 11.3 Å². The Morgan fingerprint density at radius 2 is 2.21 bits per heavy atom. The Morgan fingerprint density at radius 1 is 1.43 bits per heavy atom. The van der Waals surface area contributed by atoms with Crippen molar-refractivity contribution in [2.75, 3.05) is 0 Å². The fourth-order valence-electron chi connectivity index (χ4n) is 1.40. The largest absolute Gasteiger partial charge is 0.481 e. The zero-order valence-electron chi connectivity index (χ0n) is 8.45. The number of rotatable bonds is 6. The summed E-state index contributed by atoms with van der Waals surface area (Å²) in [4.78, 5) is 11.7. The zero-order chi connectivity index (χ0) is 10.4. The van der Waals surface area contributed by atoms with Crippen molar-refractivity contribution in [1.82, 2.24) is 0 Å². The van der Waals surface area contributed by atoms with Crippen molar-refractivity contribution in [1.29, 1.82) is 0 Å². The number of hydrogen-bond donors (Lipinski definition) is 1. The molecule has 0 fully saturated rings. The van der Waals surface area contributed by atoms with Crippen molar-refractivity contribution in [3.63, 3.8) is 0 Å². The molecule has 0 spiro atoms. The Hall–Kier alpha value is -0.830. The van der Waals surface area contributed by atoms with E-state index >= 15 is 0 Å². The molecular formula is C11H16O2S. The zero-order valence-corrected chi connectivity index (χ0v) is 9.27. The molecule has 0 aromatic carbocycles. The van der Waals surface area contributed by atoms with Crippen LogP contribution in [0.1, 0.15) is 36.1 Å². The van der Waals surface area contributed by atoms with Gasteiger partial charge in [-0.3, -0.25) is 4.79 Å². The number of unbranched alkanes of at least 4 members (excludes halogenated alkanes) is 2. The minimum Gasteiger partial charge on any atom is -0.481 e. The van der Waals surface area contributed by atoms with Crippen LogP contribution in [0.2, 0.25) is 0 Å². The van der Waals surface area contributed by atoms with Gasteiger partial charge in [0.1, 0.15) is 0 Å². The molecule has 78 valence electrons. The van der Waals surface area contributed by atoms with Gasteiger partial charge in [0.05, 0.1) is 0 Å². The van der Waals surface area contributed by atoms with Gasteiger partial charge in [0, 0.05) is 11.3 Å². The quantitative estimate of drug-likeness (QED) is 0.735. The van der Waals surface area contributed by atoms with Crippen molar-refractivity contribution in [3.05, 3.63) is 21.9 Å². The number of carboxylic acid groups (broad SMARTS) is 1. The Morgan fingerprint density at radius 3 is 2.79 bits per heavy atom. The highest BCUT2D eigenvalue weighted by molar-refractivity contribution is 7.10. The first-order valence-corrected chi connectivity index (χ1v) is 5.83. The van der Waals surface area contributed by atoms with Gasteiger partial charge in [-0.1, -0.05) is 6.42 Å². The average Bonchev–Trinajstić information content (AvgIpc) is 2.51. The van der Waals surface area contributed by atoms with Crippen LogP contribution < -0.4 is 0 Å². The van der Waals surface area contributed by atoms with E-state index in [-0.39, 0.29) is 0 Å². The summed E-state index contributed by atoms with van der Waals surface area (Å²) in [6.45, 7) is 2.13. The fourth-order valence-corrected chi connectivity index (χ4v) is 2.35. The minimum absolute atomic E-state index is 0.309. The first-order chi connectivity index (χ1) is 6.70. The maximum Gasteiger partial charge on any atom is 0.303 e. The van der Waals surface area contributed by atoms with E-state index in [1.54, 1.807) is 11.3 Å². The second-order valence-corrected chi connectivity index (χ2v) is 4.48. The second kappa shape index (κ2) is 5.81. The third kappa shape index (κ3) is 3.92. The molecule has 0 radical (unpaired) electrons. The summed E-state index contributed by atoms with van der Waals surface area (Å²) in [7, 11) is 0. The molecule has 0 saturated carbocycles. The first-order valence-electron chi connectivity index (χ1n) is 4.95. The summed E-state index contributed by atoms with van der Waals surface area (Å²) in [6, 6.07) is 2.14. The minimum atomic E-state index is -0.683. The monoisotopic (exact) mass is 212 g/mol. The highest BCUT2D eigenvalue weighted by Crippen LogP contribution is 2.18. The molecule has 1 rings (SSSR count). The van der Waals surface area contributed by atoms with Gasteiger partial charge < -0.3 is 5.11 Å². The van der Waals surface area contributed by atoms with Gasteiger partial charge in [0.25, 0.3) is 0 Å². The average molecular weight is 212 g/mol. The van der Waals surface area contributed by atoms with Crippen molar-refractivity contribution in [3.8, 4) is 0 Å². The van der Waals surface area contributed by atoms with Crippen LogP contribution in [0, 0.1) is 6.92 Å². The van der Waals surface area contributed by atoms with Gasteiger partial charge in [0.15, 0.2) is 0 Å². The van der Waals surface area contributed by atoms with E-state index < -0.39 is 5.97 Å². The molecule has 1 aromatic rings. The van der Waals surface area contributed by atoms with Crippen molar-refractivity contribution in [2.24, 2.45) is 0 Å².